The molecule has 1 aromatic heterocycles. The van der Waals surface area contributed by atoms with Crippen molar-refractivity contribution in [2.24, 2.45) is 0 Å². The molecule has 0 fully saturated rings. The van der Waals surface area contributed by atoms with Gasteiger partial charge in [0.05, 0.1) is 6.54 Å². The maximum atomic E-state index is 8.80. The Morgan fingerprint density at radius 3 is 2.79 bits per heavy atom. The summed E-state index contributed by atoms with van der Waals surface area (Å²) in [4.78, 5) is 9.82. The molecule has 1 heterocycles. The Balaban J connectivity index is 3.05. The van der Waals surface area contributed by atoms with E-state index < -0.39 is 0 Å². The zero-order valence-electron chi connectivity index (χ0n) is 7.94. The van der Waals surface area contributed by atoms with Crippen molar-refractivity contribution in [3.8, 4) is 18.4 Å². The van der Waals surface area contributed by atoms with Crippen LogP contribution in [-0.2, 0) is 0 Å². The molecule has 0 amide bonds. The van der Waals surface area contributed by atoms with E-state index in [0.29, 0.717) is 24.6 Å². The molecule has 0 aliphatic rings. The Morgan fingerprint density at radius 2 is 2.21 bits per heavy atom. The molecule has 4 nitrogen and oxygen atoms in total. The molecule has 70 valence electrons. The summed E-state index contributed by atoms with van der Waals surface area (Å²) in [5.74, 6) is 3.07. The van der Waals surface area contributed by atoms with E-state index in [4.69, 9.17) is 11.7 Å². The quantitative estimate of drug-likeness (QED) is 0.655. The lowest BCUT2D eigenvalue weighted by atomic mass is 10.3. The molecule has 0 bridgehead atoms. The highest BCUT2D eigenvalue weighted by atomic mass is 15.2. The van der Waals surface area contributed by atoms with E-state index in [1.54, 1.807) is 6.20 Å². The van der Waals surface area contributed by atoms with E-state index in [1.165, 1.54) is 6.20 Å². The summed E-state index contributed by atoms with van der Waals surface area (Å²) in [6.07, 6.45) is 8.25. The smallest absolute Gasteiger partial charge is 0.183 e. The van der Waals surface area contributed by atoms with Gasteiger partial charge in [0, 0.05) is 18.9 Å². The zero-order valence-corrected chi connectivity index (χ0v) is 7.94. The fourth-order valence-corrected chi connectivity index (χ4v) is 1.09. The first-order chi connectivity index (χ1) is 6.83. The molecule has 0 atom stereocenters. The summed E-state index contributed by atoms with van der Waals surface area (Å²) in [5, 5.41) is 8.80. The van der Waals surface area contributed by atoms with Crippen molar-refractivity contribution in [2.75, 3.05) is 18.0 Å². The second-order valence-corrected chi connectivity index (χ2v) is 2.56. The molecule has 0 aliphatic carbocycles. The van der Waals surface area contributed by atoms with Gasteiger partial charge in [-0.2, -0.15) is 5.26 Å². The van der Waals surface area contributed by atoms with Crippen molar-refractivity contribution in [2.45, 2.75) is 6.92 Å². The van der Waals surface area contributed by atoms with Gasteiger partial charge in [-0.1, -0.05) is 5.92 Å². The minimum Gasteiger partial charge on any atom is -0.343 e. The summed E-state index contributed by atoms with van der Waals surface area (Å²) in [6, 6.07) is 1.98. The van der Waals surface area contributed by atoms with Crippen molar-refractivity contribution >= 4 is 5.82 Å². The summed E-state index contributed by atoms with van der Waals surface area (Å²) in [7, 11) is 0. The van der Waals surface area contributed by atoms with Gasteiger partial charge in [0.15, 0.2) is 11.5 Å². The van der Waals surface area contributed by atoms with E-state index in [2.05, 4.69) is 15.9 Å². The van der Waals surface area contributed by atoms with E-state index in [1.807, 2.05) is 17.9 Å². The summed E-state index contributed by atoms with van der Waals surface area (Å²) in [5.41, 5.74) is 0.310. The van der Waals surface area contributed by atoms with Gasteiger partial charge in [-0.3, -0.25) is 0 Å². The Morgan fingerprint density at radius 1 is 1.50 bits per heavy atom. The standard InChI is InChI=1S/C10H10N4/c1-3-7-14(4-2)10-9(8-11)12-5-6-13-10/h1,5-6H,4,7H2,2H3. The van der Waals surface area contributed by atoms with E-state index in [9.17, 15) is 0 Å². The first-order valence-electron chi connectivity index (χ1n) is 4.23. The Labute approximate surface area is 83.2 Å². The fourth-order valence-electron chi connectivity index (χ4n) is 1.09. The molecule has 0 saturated carbocycles. The zero-order chi connectivity index (χ0) is 10.4. The van der Waals surface area contributed by atoms with Crippen LogP contribution in [0.15, 0.2) is 12.4 Å². The molecule has 1 aromatic rings. The average Bonchev–Trinajstić information content (AvgIpc) is 2.26. The van der Waals surface area contributed by atoms with E-state index in [-0.39, 0.29) is 0 Å². The van der Waals surface area contributed by atoms with Crippen LogP contribution in [-0.4, -0.2) is 23.1 Å². The molecule has 0 radical (unpaired) electrons. The fraction of sp³-hybridized carbons (Fsp3) is 0.300. The van der Waals surface area contributed by atoms with Crippen LogP contribution in [0, 0.1) is 23.7 Å². The molecule has 4 heteroatoms. The van der Waals surface area contributed by atoms with Gasteiger partial charge in [0.2, 0.25) is 0 Å². The number of nitriles is 1. The van der Waals surface area contributed by atoms with Crippen molar-refractivity contribution in [1.82, 2.24) is 9.97 Å². The van der Waals surface area contributed by atoms with Gasteiger partial charge in [0.25, 0.3) is 0 Å². The predicted octanol–water partition coefficient (Wildman–Crippen LogP) is 0.808. The molecule has 0 unspecified atom stereocenters. The molecule has 1 rings (SSSR count). The molecule has 0 aliphatic heterocycles. The number of hydrogen-bond acceptors (Lipinski definition) is 4. The largest absolute Gasteiger partial charge is 0.343 e. The van der Waals surface area contributed by atoms with Crippen LogP contribution in [0.3, 0.4) is 0 Å². The first kappa shape index (κ1) is 10.0. The van der Waals surface area contributed by atoms with Crippen LogP contribution >= 0.6 is 0 Å². The number of nitrogens with zero attached hydrogens (tertiary/aromatic N) is 4. The van der Waals surface area contributed by atoms with Crippen LogP contribution < -0.4 is 4.90 Å². The Kier molecular flexibility index (Phi) is 3.46. The summed E-state index contributed by atoms with van der Waals surface area (Å²) in [6.45, 7) is 3.09. The maximum Gasteiger partial charge on any atom is 0.183 e. The van der Waals surface area contributed by atoms with Gasteiger partial charge in [-0.25, -0.2) is 9.97 Å². The lowest BCUT2D eigenvalue weighted by molar-refractivity contribution is 0.880. The maximum absolute atomic E-state index is 8.80. The predicted molar refractivity (Wildman–Crippen MR) is 53.5 cm³/mol. The Bertz CT molecular complexity index is 386. The molecule has 0 spiro atoms. The van der Waals surface area contributed by atoms with Crippen molar-refractivity contribution in [1.29, 1.82) is 5.26 Å². The lowest BCUT2D eigenvalue weighted by Gasteiger charge is -2.18. The van der Waals surface area contributed by atoms with Crippen LogP contribution in [0.1, 0.15) is 12.6 Å². The number of aromatic nitrogens is 2. The molecule has 0 saturated heterocycles. The topological polar surface area (TPSA) is 52.8 Å². The van der Waals surface area contributed by atoms with Crippen LogP contribution in [0.4, 0.5) is 5.82 Å². The first-order valence-corrected chi connectivity index (χ1v) is 4.23. The molecular weight excluding hydrogens is 176 g/mol. The van der Waals surface area contributed by atoms with Crippen LogP contribution in [0.25, 0.3) is 0 Å². The lowest BCUT2D eigenvalue weighted by Crippen LogP contribution is -2.25. The third-order valence-corrected chi connectivity index (χ3v) is 1.75. The average molecular weight is 186 g/mol. The number of anilines is 1. The minimum absolute atomic E-state index is 0.310. The number of terminal acetylenes is 1. The van der Waals surface area contributed by atoms with Gasteiger partial charge in [0.1, 0.15) is 6.07 Å². The summed E-state index contributed by atoms with van der Waals surface area (Å²) >= 11 is 0. The van der Waals surface area contributed by atoms with Crippen molar-refractivity contribution in [3.63, 3.8) is 0 Å². The summed E-state index contributed by atoms with van der Waals surface area (Å²) < 4.78 is 0. The van der Waals surface area contributed by atoms with Crippen molar-refractivity contribution < 1.29 is 0 Å². The second kappa shape index (κ2) is 4.84. The normalized spacial score (nSPS) is 8.79. The Hall–Kier alpha value is -2.07. The van der Waals surface area contributed by atoms with E-state index in [0.717, 1.165) is 0 Å². The van der Waals surface area contributed by atoms with Gasteiger partial charge >= 0.3 is 0 Å². The minimum atomic E-state index is 0.310. The van der Waals surface area contributed by atoms with E-state index >= 15 is 0 Å². The van der Waals surface area contributed by atoms with Crippen molar-refractivity contribution in [3.05, 3.63) is 18.1 Å². The highest BCUT2D eigenvalue weighted by Gasteiger charge is 2.10. The van der Waals surface area contributed by atoms with Gasteiger partial charge < -0.3 is 4.90 Å². The molecule has 0 N–H and O–H groups in total. The molecule has 14 heavy (non-hydrogen) atoms. The highest BCUT2D eigenvalue weighted by Crippen LogP contribution is 2.12. The third-order valence-electron chi connectivity index (χ3n) is 1.75. The van der Waals surface area contributed by atoms with Crippen LogP contribution in [0.5, 0.6) is 0 Å². The highest BCUT2D eigenvalue weighted by molar-refractivity contribution is 5.50. The number of hydrogen-bond donors (Lipinski definition) is 0. The second-order valence-electron chi connectivity index (χ2n) is 2.56. The monoisotopic (exact) mass is 186 g/mol. The molecular formula is C10H10N4. The SMILES string of the molecule is C#CCN(CC)c1nccnc1C#N. The third kappa shape index (κ3) is 1.99. The van der Waals surface area contributed by atoms with Crippen LogP contribution in [0.2, 0.25) is 0 Å². The van der Waals surface area contributed by atoms with Gasteiger partial charge in [-0.05, 0) is 6.92 Å². The molecule has 0 aromatic carbocycles. The van der Waals surface area contributed by atoms with Gasteiger partial charge in [-0.15, -0.1) is 6.42 Å². The number of rotatable bonds is 3.